The number of hydrogen-bond donors (Lipinski definition) is 1. The summed E-state index contributed by atoms with van der Waals surface area (Å²) in [5.74, 6) is -0.0209. The van der Waals surface area contributed by atoms with Crippen molar-refractivity contribution >= 4 is 5.91 Å². The van der Waals surface area contributed by atoms with Crippen LogP contribution >= 0.6 is 0 Å². The molecule has 0 saturated carbocycles. The van der Waals surface area contributed by atoms with Crippen LogP contribution in [0.25, 0.3) is 0 Å². The molecule has 0 aliphatic carbocycles. The molecule has 1 aromatic heterocycles. The van der Waals surface area contributed by atoms with Crippen LogP contribution in [0.15, 0.2) is 6.07 Å². The van der Waals surface area contributed by atoms with Gasteiger partial charge in [-0.1, -0.05) is 6.92 Å². The molecule has 118 valence electrons. The minimum atomic E-state index is -0.428. The zero-order chi connectivity index (χ0) is 15.6. The standard InChI is InChI=1S/C15H26N4O2/c1-5-11-7-14(19(6-2)16-11)15(21)18-10-13(20)8-12(18)9-17(3)4/h7,12-13,20H,5-6,8-10H2,1-4H3. The van der Waals surface area contributed by atoms with Crippen molar-refractivity contribution in [3.8, 4) is 0 Å². The molecule has 21 heavy (non-hydrogen) atoms. The van der Waals surface area contributed by atoms with Crippen molar-refractivity contribution < 1.29 is 9.90 Å². The van der Waals surface area contributed by atoms with Gasteiger partial charge in [-0.15, -0.1) is 0 Å². The van der Waals surface area contributed by atoms with Gasteiger partial charge < -0.3 is 14.9 Å². The third-order valence-electron chi connectivity index (χ3n) is 3.94. The molecular formula is C15H26N4O2. The Morgan fingerprint density at radius 3 is 2.76 bits per heavy atom. The monoisotopic (exact) mass is 294 g/mol. The predicted octanol–water partition coefficient (Wildman–Crippen LogP) is 0.602. The van der Waals surface area contributed by atoms with Gasteiger partial charge in [0.15, 0.2) is 0 Å². The Morgan fingerprint density at radius 2 is 2.19 bits per heavy atom. The lowest BCUT2D eigenvalue weighted by molar-refractivity contribution is 0.0686. The molecule has 2 atom stereocenters. The summed E-state index contributed by atoms with van der Waals surface area (Å²) in [5, 5.41) is 14.4. The maximum atomic E-state index is 12.8. The summed E-state index contributed by atoms with van der Waals surface area (Å²) in [6.45, 7) is 5.87. The molecule has 0 bridgehead atoms. The van der Waals surface area contributed by atoms with Gasteiger partial charge in [0.1, 0.15) is 5.69 Å². The third-order valence-corrected chi connectivity index (χ3v) is 3.94. The van der Waals surface area contributed by atoms with Crippen LogP contribution in [0.4, 0.5) is 0 Å². The Hall–Kier alpha value is -1.40. The molecule has 0 radical (unpaired) electrons. The van der Waals surface area contributed by atoms with Crippen LogP contribution in [-0.2, 0) is 13.0 Å². The van der Waals surface area contributed by atoms with E-state index in [-0.39, 0.29) is 11.9 Å². The molecule has 1 aromatic rings. The Kier molecular flexibility index (Phi) is 5.00. The zero-order valence-corrected chi connectivity index (χ0v) is 13.4. The average Bonchev–Trinajstić information content (AvgIpc) is 3.00. The summed E-state index contributed by atoms with van der Waals surface area (Å²) in [5.41, 5.74) is 1.57. The molecule has 0 aromatic carbocycles. The average molecular weight is 294 g/mol. The topological polar surface area (TPSA) is 61.6 Å². The molecule has 0 spiro atoms. The number of likely N-dealkylation sites (tertiary alicyclic amines) is 1. The van der Waals surface area contributed by atoms with Crippen LogP contribution in [-0.4, -0.2) is 69.9 Å². The van der Waals surface area contributed by atoms with Gasteiger partial charge in [0.25, 0.3) is 5.91 Å². The number of β-amino-alcohol motifs (C(OH)–C–C–N with tert-alkyl or cyclic N) is 1. The quantitative estimate of drug-likeness (QED) is 0.864. The van der Waals surface area contributed by atoms with Gasteiger partial charge in [-0.05, 0) is 39.9 Å². The first-order valence-corrected chi connectivity index (χ1v) is 7.66. The molecule has 1 aliphatic heterocycles. The van der Waals surface area contributed by atoms with E-state index in [9.17, 15) is 9.90 Å². The molecule has 1 fully saturated rings. The number of aryl methyl sites for hydroxylation is 2. The largest absolute Gasteiger partial charge is 0.391 e. The van der Waals surface area contributed by atoms with E-state index in [4.69, 9.17) is 0 Å². The fraction of sp³-hybridized carbons (Fsp3) is 0.733. The number of carbonyl (C=O) groups excluding carboxylic acids is 1. The SMILES string of the molecule is CCc1cc(C(=O)N2CC(O)CC2CN(C)C)n(CC)n1. The fourth-order valence-corrected chi connectivity index (χ4v) is 2.94. The van der Waals surface area contributed by atoms with E-state index < -0.39 is 6.10 Å². The summed E-state index contributed by atoms with van der Waals surface area (Å²) in [7, 11) is 3.97. The molecule has 6 nitrogen and oxygen atoms in total. The van der Waals surface area contributed by atoms with E-state index in [1.54, 1.807) is 9.58 Å². The fourth-order valence-electron chi connectivity index (χ4n) is 2.94. The molecule has 2 unspecified atom stereocenters. The van der Waals surface area contributed by atoms with Crippen molar-refractivity contribution in [2.24, 2.45) is 0 Å². The van der Waals surface area contributed by atoms with E-state index >= 15 is 0 Å². The van der Waals surface area contributed by atoms with Gasteiger partial charge in [0.2, 0.25) is 0 Å². The lowest BCUT2D eigenvalue weighted by Gasteiger charge is -2.26. The van der Waals surface area contributed by atoms with E-state index in [1.165, 1.54) is 0 Å². The second-order valence-corrected chi connectivity index (χ2v) is 5.95. The minimum absolute atomic E-state index is 0.0209. The number of nitrogens with zero attached hydrogens (tertiary/aromatic N) is 4. The number of amides is 1. The number of aliphatic hydroxyl groups is 1. The maximum absolute atomic E-state index is 12.8. The first kappa shape index (κ1) is 16.0. The predicted molar refractivity (Wildman–Crippen MR) is 81.3 cm³/mol. The molecule has 1 aliphatic rings. The highest BCUT2D eigenvalue weighted by Crippen LogP contribution is 2.21. The normalized spacial score (nSPS) is 22.3. The van der Waals surface area contributed by atoms with Crippen molar-refractivity contribution in [1.82, 2.24) is 19.6 Å². The smallest absolute Gasteiger partial charge is 0.272 e. The molecule has 2 heterocycles. The first-order valence-electron chi connectivity index (χ1n) is 7.66. The Labute approximate surface area is 126 Å². The van der Waals surface area contributed by atoms with E-state index in [0.29, 0.717) is 25.2 Å². The van der Waals surface area contributed by atoms with E-state index in [0.717, 1.165) is 18.7 Å². The third kappa shape index (κ3) is 3.44. The first-order chi connectivity index (χ1) is 9.96. The van der Waals surface area contributed by atoms with Crippen LogP contribution in [0, 0.1) is 0 Å². The van der Waals surface area contributed by atoms with Gasteiger partial charge in [-0.2, -0.15) is 5.10 Å². The van der Waals surface area contributed by atoms with Crippen LogP contribution < -0.4 is 0 Å². The van der Waals surface area contributed by atoms with E-state index in [1.807, 2.05) is 34.0 Å². The van der Waals surface area contributed by atoms with Gasteiger partial charge in [0, 0.05) is 25.7 Å². The van der Waals surface area contributed by atoms with Crippen molar-refractivity contribution in [3.63, 3.8) is 0 Å². The lowest BCUT2D eigenvalue weighted by Crippen LogP contribution is -2.42. The number of aromatic nitrogens is 2. The molecule has 6 heteroatoms. The van der Waals surface area contributed by atoms with Crippen molar-refractivity contribution in [3.05, 3.63) is 17.5 Å². The lowest BCUT2D eigenvalue weighted by atomic mass is 10.2. The summed E-state index contributed by atoms with van der Waals surface area (Å²) in [6, 6.07) is 1.94. The Morgan fingerprint density at radius 1 is 1.48 bits per heavy atom. The van der Waals surface area contributed by atoms with Crippen LogP contribution in [0.3, 0.4) is 0 Å². The number of hydrogen-bond acceptors (Lipinski definition) is 4. The number of carbonyl (C=O) groups is 1. The van der Waals surface area contributed by atoms with Gasteiger partial charge >= 0.3 is 0 Å². The highest BCUT2D eigenvalue weighted by molar-refractivity contribution is 5.93. The second kappa shape index (κ2) is 6.58. The van der Waals surface area contributed by atoms with E-state index in [2.05, 4.69) is 10.00 Å². The Bertz CT molecular complexity index is 498. The number of rotatable bonds is 5. The maximum Gasteiger partial charge on any atom is 0.272 e. The molecular weight excluding hydrogens is 268 g/mol. The molecule has 1 amide bonds. The van der Waals surface area contributed by atoms with Crippen LogP contribution in [0.5, 0.6) is 0 Å². The number of likely N-dealkylation sites (N-methyl/N-ethyl adjacent to an activating group) is 1. The van der Waals surface area contributed by atoms with Gasteiger partial charge in [0.05, 0.1) is 11.8 Å². The van der Waals surface area contributed by atoms with Gasteiger partial charge in [-0.3, -0.25) is 9.48 Å². The highest BCUT2D eigenvalue weighted by Gasteiger charge is 2.36. The van der Waals surface area contributed by atoms with Crippen molar-refractivity contribution in [2.75, 3.05) is 27.2 Å². The summed E-state index contributed by atoms with van der Waals surface area (Å²) < 4.78 is 1.76. The molecule has 1 N–H and O–H groups in total. The highest BCUT2D eigenvalue weighted by atomic mass is 16.3. The van der Waals surface area contributed by atoms with Gasteiger partial charge in [-0.25, -0.2) is 0 Å². The number of aliphatic hydroxyl groups excluding tert-OH is 1. The Balaban J connectivity index is 2.23. The molecule has 1 saturated heterocycles. The van der Waals surface area contributed by atoms with Crippen molar-refractivity contribution in [1.29, 1.82) is 0 Å². The summed E-state index contributed by atoms with van der Waals surface area (Å²) in [4.78, 5) is 16.7. The summed E-state index contributed by atoms with van der Waals surface area (Å²) >= 11 is 0. The minimum Gasteiger partial charge on any atom is -0.391 e. The zero-order valence-electron chi connectivity index (χ0n) is 13.4. The van der Waals surface area contributed by atoms with Crippen molar-refractivity contribution in [2.45, 2.75) is 45.4 Å². The van der Waals surface area contributed by atoms with Crippen LogP contribution in [0.1, 0.15) is 36.5 Å². The second-order valence-electron chi connectivity index (χ2n) is 5.95. The summed E-state index contributed by atoms with van der Waals surface area (Å²) in [6.07, 6.45) is 1.03. The van der Waals surface area contributed by atoms with Crippen LogP contribution in [0.2, 0.25) is 0 Å². The molecule has 2 rings (SSSR count).